The van der Waals surface area contributed by atoms with Crippen LogP contribution in [0.5, 0.6) is 0 Å². The normalized spacial score (nSPS) is 13.1. The SMILES string of the molecule is CC(C)(C)NC(=O)NCC[C@H](O)C(=O)O. The highest BCUT2D eigenvalue weighted by Crippen LogP contribution is 1.97. The Labute approximate surface area is 88.7 Å². The summed E-state index contributed by atoms with van der Waals surface area (Å²) >= 11 is 0. The van der Waals surface area contributed by atoms with Crippen LogP contribution in [0.25, 0.3) is 0 Å². The van der Waals surface area contributed by atoms with E-state index in [1.807, 2.05) is 20.8 Å². The Bertz CT molecular complexity index is 235. The van der Waals surface area contributed by atoms with Crippen molar-refractivity contribution in [1.82, 2.24) is 10.6 Å². The van der Waals surface area contributed by atoms with E-state index in [0.29, 0.717) is 0 Å². The molecule has 0 rings (SSSR count). The lowest BCUT2D eigenvalue weighted by atomic mass is 10.1. The van der Waals surface area contributed by atoms with E-state index >= 15 is 0 Å². The molecule has 88 valence electrons. The van der Waals surface area contributed by atoms with Gasteiger partial charge in [-0.15, -0.1) is 0 Å². The monoisotopic (exact) mass is 218 g/mol. The molecular formula is C9H18N2O4. The molecule has 0 fully saturated rings. The Morgan fingerprint density at radius 1 is 1.33 bits per heavy atom. The number of carbonyl (C=O) groups excluding carboxylic acids is 1. The summed E-state index contributed by atoms with van der Waals surface area (Å²) < 4.78 is 0. The molecule has 15 heavy (non-hydrogen) atoms. The van der Waals surface area contributed by atoms with Gasteiger partial charge in [0.15, 0.2) is 6.10 Å². The third kappa shape index (κ3) is 7.75. The third-order valence-corrected chi connectivity index (χ3v) is 1.48. The number of amides is 2. The summed E-state index contributed by atoms with van der Waals surface area (Å²) in [5, 5.41) is 22.4. The van der Waals surface area contributed by atoms with E-state index in [2.05, 4.69) is 10.6 Å². The number of aliphatic carboxylic acids is 1. The summed E-state index contributed by atoms with van der Waals surface area (Å²) in [6.07, 6.45) is -1.44. The molecule has 0 bridgehead atoms. The van der Waals surface area contributed by atoms with E-state index in [4.69, 9.17) is 10.2 Å². The molecule has 0 aromatic carbocycles. The van der Waals surface area contributed by atoms with Crippen molar-refractivity contribution in [3.05, 3.63) is 0 Å². The van der Waals surface area contributed by atoms with Crippen LogP contribution in [0.15, 0.2) is 0 Å². The van der Waals surface area contributed by atoms with Crippen LogP contribution >= 0.6 is 0 Å². The van der Waals surface area contributed by atoms with E-state index in [1.54, 1.807) is 0 Å². The zero-order chi connectivity index (χ0) is 12.1. The molecule has 0 saturated heterocycles. The quantitative estimate of drug-likeness (QED) is 0.530. The number of carbonyl (C=O) groups is 2. The van der Waals surface area contributed by atoms with Gasteiger partial charge in [0, 0.05) is 18.5 Å². The summed E-state index contributed by atoms with van der Waals surface area (Å²) in [7, 11) is 0. The number of aliphatic hydroxyl groups excluding tert-OH is 1. The third-order valence-electron chi connectivity index (χ3n) is 1.48. The molecule has 4 N–H and O–H groups in total. The lowest BCUT2D eigenvalue weighted by molar-refractivity contribution is -0.146. The number of hydrogen-bond acceptors (Lipinski definition) is 3. The molecule has 0 saturated carbocycles. The molecule has 0 aromatic rings. The second kappa shape index (κ2) is 5.55. The highest BCUT2D eigenvalue weighted by Gasteiger charge is 2.15. The van der Waals surface area contributed by atoms with Crippen LogP contribution in [0, 0.1) is 0 Å². The van der Waals surface area contributed by atoms with Crippen LogP contribution in [0.2, 0.25) is 0 Å². The number of nitrogens with one attached hydrogen (secondary N) is 2. The second-order valence-electron chi connectivity index (χ2n) is 4.27. The summed E-state index contributed by atoms with van der Waals surface area (Å²) in [5.41, 5.74) is -0.338. The second-order valence-corrected chi connectivity index (χ2v) is 4.27. The minimum atomic E-state index is -1.43. The number of rotatable bonds is 4. The van der Waals surface area contributed by atoms with Crippen molar-refractivity contribution in [3.8, 4) is 0 Å². The number of carboxylic acids is 1. The first-order valence-corrected chi connectivity index (χ1v) is 4.69. The molecule has 1 atom stereocenters. The number of carboxylic acid groups (broad SMARTS) is 1. The maximum atomic E-state index is 11.2. The Morgan fingerprint density at radius 2 is 1.87 bits per heavy atom. The van der Waals surface area contributed by atoms with Gasteiger partial charge in [-0.25, -0.2) is 9.59 Å². The first-order valence-electron chi connectivity index (χ1n) is 4.69. The largest absolute Gasteiger partial charge is 0.479 e. The van der Waals surface area contributed by atoms with Gasteiger partial charge in [-0.05, 0) is 20.8 Å². The first-order chi connectivity index (χ1) is 6.72. The summed E-state index contributed by atoms with van der Waals surface area (Å²) in [6.45, 7) is 5.62. The molecule has 0 unspecified atom stereocenters. The maximum Gasteiger partial charge on any atom is 0.332 e. The zero-order valence-electron chi connectivity index (χ0n) is 9.20. The number of hydrogen-bond donors (Lipinski definition) is 4. The molecule has 2 amide bonds. The van der Waals surface area contributed by atoms with Gasteiger partial charge in [-0.2, -0.15) is 0 Å². The lowest BCUT2D eigenvalue weighted by Crippen LogP contribution is -2.47. The van der Waals surface area contributed by atoms with Gasteiger partial charge in [0.25, 0.3) is 0 Å². The van der Waals surface area contributed by atoms with E-state index in [-0.39, 0.29) is 24.5 Å². The predicted molar refractivity (Wildman–Crippen MR) is 54.5 cm³/mol. The molecule has 6 heteroatoms. The molecule has 0 aliphatic heterocycles. The highest BCUT2D eigenvalue weighted by atomic mass is 16.4. The van der Waals surface area contributed by atoms with Gasteiger partial charge in [0.05, 0.1) is 0 Å². The summed E-state index contributed by atoms with van der Waals surface area (Å²) in [4.78, 5) is 21.4. The van der Waals surface area contributed by atoms with Crippen molar-refractivity contribution in [2.45, 2.75) is 38.8 Å². The van der Waals surface area contributed by atoms with Crippen molar-refractivity contribution >= 4 is 12.0 Å². The van der Waals surface area contributed by atoms with Gasteiger partial charge in [-0.1, -0.05) is 0 Å². The van der Waals surface area contributed by atoms with E-state index in [9.17, 15) is 9.59 Å². The maximum absolute atomic E-state index is 11.2. The smallest absolute Gasteiger partial charge is 0.332 e. The predicted octanol–water partition coefficient (Wildman–Crippen LogP) is -0.0803. The van der Waals surface area contributed by atoms with Crippen molar-refractivity contribution in [2.75, 3.05) is 6.54 Å². The topological polar surface area (TPSA) is 98.7 Å². The van der Waals surface area contributed by atoms with Crippen LogP contribution in [0.3, 0.4) is 0 Å². The first kappa shape index (κ1) is 13.7. The van der Waals surface area contributed by atoms with E-state index in [1.165, 1.54) is 0 Å². The van der Waals surface area contributed by atoms with Gasteiger partial charge in [-0.3, -0.25) is 0 Å². The minimum absolute atomic E-state index is 0.00705. The summed E-state index contributed by atoms with van der Waals surface area (Å²) in [5.74, 6) is -1.28. The minimum Gasteiger partial charge on any atom is -0.479 e. The Morgan fingerprint density at radius 3 is 2.27 bits per heavy atom. The fourth-order valence-corrected chi connectivity index (χ4v) is 0.831. The molecule has 0 aliphatic carbocycles. The van der Waals surface area contributed by atoms with Crippen LogP contribution < -0.4 is 10.6 Å². The molecule has 6 nitrogen and oxygen atoms in total. The lowest BCUT2D eigenvalue weighted by Gasteiger charge is -2.20. The van der Waals surface area contributed by atoms with Crippen LogP contribution in [-0.2, 0) is 4.79 Å². The van der Waals surface area contributed by atoms with Gasteiger partial charge in [0.1, 0.15) is 0 Å². The van der Waals surface area contributed by atoms with Crippen molar-refractivity contribution in [2.24, 2.45) is 0 Å². The van der Waals surface area contributed by atoms with Crippen LogP contribution in [0.1, 0.15) is 27.2 Å². The van der Waals surface area contributed by atoms with E-state index in [0.717, 1.165) is 0 Å². The number of urea groups is 1. The Balaban J connectivity index is 3.69. The molecule has 0 heterocycles. The van der Waals surface area contributed by atoms with Gasteiger partial charge < -0.3 is 20.8 Å². The van der Waals surface area contributed by atoms with Gasteiger partial charge in [0.2, 0.25) is 0 Å². The van der Waals surface area contributed by atoms with Crippen molar-refractivity contribution < 1.29 is 19.8 Å². The van der Waals surface area contributed by atoms with Gasteiger partial charge >= 0.3 is 12.0 Å². The highest BCUT2D eigenvalue weighted by molar-refractivity contribution is 5.75. The molecule has 0 spiro atoms. The Hall–Kier alpha value is -1.30. The number of aliphatic hydroxyl groups is 1. The van der Waals surface area contributed by atoms with Crippen LogP contribution in [0.4, 0.5) is 4.79 Å². The fraction of sp³-hybridized carbons (Fsp3) is 0.778. The average Bonchev–Trinajstić information content (AvgIpc) is 2.00. The Kier molecular flexibility index (Phi) is 5.07. The van der Waals surface area contributed by atoms with Crippen LogP contribution in [-0.4, -0.2) is 40.4 Å². The molecule has 0 aromatic heterocycles. The summed E-state index contributed by atoms with van der Waals surface area (Å²) in [6, 6.07) is -0.375. The van der Waals surface area contributed by atoms with Crippen molar-refractivity contribution in [1.29, 1.82) is 0 Å². The molecular weight excluding hydrogens is 200 g/mol. The molecule has 0 aliphatic rings. The average molecular weight is 218 g/mol. The molecule has 0 radical (unpaired) electrons. The standard InChI is InChI=1S/C9H18N2O4/c1-9(2,3)11-8(15)10-5-4-6(12)7(13)14/h6,12H,4-5H2,1-3H3,(H,13,14)(H2,10,11,15)/t6-/m0/s1. The fourth-order valence-electron chi connectivity index (χ4n) is 0.831. The zero-order valence-corrected chi connectivity index (χ0v) is 9.20. The van der Waals surface area contributed by atoms with Crippen molar-refractivity contribution in [3.63, 3.8) is 0 Å². The van der Waals surface area contributed by atoms with E-state index < -0.39 is 12.1 Å².